The van der Waals surface area contributed by atoms with Crippen molar-refractivity contribution in [3.8, 4) is 17.2 Å². The van der Waals surface area contributed by atoms with E-state index in [9.17, 15) is 19.8 Å². The van der Waals surface area contributed by atoms with E-state index in [2.05, 4.69) is 5.32 Å². The number of aliphatic hydroxyl groups is 2. The number of hydrogen-bond donors (Lipinski definition) is 3. The molecule has 0 aliphatic heterocycles. The van der Waals surface area contributed by atoms with Gasteiger partial charge in [-0.1, -0.05) is 0 Å². The molecule has 1 amide bonds. The number of esters is 1. The first kappa shape index (κ1) is 22.5. The Hall–Kier alpha value is -2.52. The highest BCUT2D eigenvalue weighted by atomic mass is 16.6. The van der Waals surface area contributed by atoms with Crippen molar-refractivity contribution in [3.05, 3.63) is 17.7 Å². The summed E-state index contributed by atoms with van der Waals surface area (Å²) in [5, 5.41) is 22.9. The molecule has 9 heteroatoms. The molecule has 9 nitrogen and oxygen atoms in total. The van der Waals surface area contributed by atoms with Crippen molar-refractivity contribution in [2.75, 3.05) is 20.8 Å². The minimum absolute atomic E-state index is 0.0600. The van der Waals surface area contributed by atoms with Gasteiger partial charge < -0.3 is 34.5 Å². The zero-order valence-corrected chi connectivity index (χ0v) is 16.4. The zero-order chi connectivity index (χ0) is 20.8. The van der Waals surface area contributed by atoms with Gasteiger partial charge >= 0.3 is 12.1 Å². The van der Waals surface area contributed by atoms with Gasteiger partial charge in [-0.05, 0) is 38.5 Å². The molecule has 152 valence electrons. The maximum absolute atomic E-state index is 11.7. The lowest BCUT2D eigenvalue weighted by atomic mass is 10.0. The van der Waals surface area contributed by atoms with Crippen molar-refractivity contribution in [3.63, 3.8) is 0 Å². The standard InChI is InChI=1S/C18H27NO8/c1-10(20)26-16-13(24-5)7-11(8-14(16)25-6)15(22)12(21)9-19-17(23)27-18(2,3)4/h7-8,12,15,21-22H,9H2,1-6H3,(H,19,23). The number of rotatable bonds is 7. The third-order valence-corrected chi connectivity index (χ3v) is 3.29. The normalized spacial score (nSPS) is 13.3. The van der Waals surface area contributed by atoms with Crippen molar-refractivity contribution in [1.82, 2.24) is 5.32 Å². The summed E-state index contributed by atoms with van der Waals surface area (Å²) in [6.07, 6.45) is -3.41. The highest BCUT2D eigenvalue weighted by molar-refractivity contribution is 5.72. The van der Waals surface area contributed by atoms with Gasteiger partial charge in [0.2, 0.25) is 5.75 Å². The first-order chi connectivity index (χ1) is 12.5. The highest BCUT2D eigenvalue weighted by Crippen LogP contribution is 2.40. The summed E-state index contributed by atoms with van der Waals surface area (Å²) in [5.74, 6) is -0.219. The van der Waals surface area contributed by atoms with Crippen LogP contribution in [0.25, 0.3) is 0 Å². The lowest BCUT2D eigenvalue weighted by Crippen LogP contribution is -2.38. The minimum atomic E-state index is -1.37. The van der Waals surface area contributed by atoms with Crippen molar-refractivity contribution >= 4 is 12.1 Å². The van der Waals surface area contributed by atoms with Crippen molar-refractivity contribution in [1.29, 1.82) is 0 Å². The first-order valence-corrected chi connectivity index (χ1v) is 8.25. The van der Waals surface area contributed by atoms with E-state index in [1.807, 2.05) is 0 Å². The Morgan fingerprint density at radius 3 is 2.04 bits per heavy atom. The van der Waals surface area contributed by atoms with Gasteiger partial charge in [0.05, 0.1) is 14.2 Å². The summed E-state index contributed by atoms with van der Waals surface area (Å²) >= 11 is 0. The Morgan fingerprint density at radius 1 is 1.11 bits per heavy atom. The summed E-state index contributed by atoms with van der Waals surface area (Å²) in [6.45, 7) is 6.11. The SMILES string of the molecule is COc1cc(C(O)C(O)CNC(=O)OC(C)(C)C)cc(OC)c1OC(C)=O. The second-order valence-electron chi connectivity index (χ2n) is 6.74. The van der Waals surface area contributed by atoms with Gasteiger partial charge in [0.1, 0.15) is 17.8 Å². The second-order valence-corrected chi connectivity index (χ2v) is 6.74. The van der Waals surface area contributed by atoms with Crippen LogP contribution >= 0.6 is 0 Å². The number of carbonyl (C=O) groups is 2. The maximum atomic E-state index is 11.7. The molecule has 0 saturated heterocycles. The van der Waals surface area contributed by atoms with Crippen LogP contribution in [-0.4, -0.2) is 54.7 Å². The Bertz CT molecular complexity index is 643. The summed E-state index contributed by atoms with van der Waals surface area (Å²) in [7, 11) is 2.72. The number of hydrogen-bond acceptors (Lipinski definition) is 8. The highest BCUT2D eigenvalue weighted by Gasteiger charge is 2.25. The molecular weight excluding hydrogens is 358 g/mol. The number of amides is 1. The lowest BCUT2D eigenvalue weighted by Gasteiger charge is -2.23. The van der Waals surface area contributed by atoms with Crippen LogP contribution in [0, 0.1) is 0 Å². The zero-order valence-electron chi connectivity index (χ0n) is 16.4. The third-order valence-electron chi connectivity index (χ3n) is 3.29. The molecule has 0 bridgehead atoms. The topological polar surface area (TPSA) is 124 Å². The Kier molecular flexibility index (Phi) is 7.86. The number of aliphatic hydroxyl groups excluding tert-OH is 2. The van der Waals surface area contributed by atoms with Gasteiger partial charge in [-0.3, -0.25) is 4.79 Å². The Balaban J connectivity index is 2.94. The number of methoxy groups -OCH3 is 2. The van der Waals surface area contributed by atoms with Gasteiger partial charge in [-0.2, -0.15) is 0 Å². The van der Waals surface area contributed by atoms with Crippen molar-refractivity contribution in [2.24, 2.45) is 0 Å². The number of alkyl carbamates (subject to hydrolysis) is 1. The van der Waals surface area contributed by atoms with Crippen LogP contribution in [0.3, 0.4) is 0 Å². The Morgan fingerprint density at radius 2 is 1.63 bits per heavy atom. The fourth-order valence-electron chi connectivity index (χ4n) is 2.15. The summed E-state index contributed by atoms with van der Waals surface area (Å²) < 4.78 is 20.5. The monoisotopic (exact) mass is 385 g/mol. The van der Waals surface area contributed by atoms with Crippen LogP contribution in [0.2, 0.25) is 0 Å². The third kappa shape index (κ3) is 6.95. The van der Waals surface area contributed by atoms with E-state index >= 15 is 0 Å². The predicted octanol–water partition coefficient (Wildman–Crippen LogP) is 1.55. The molecule has 27 heavy (non-hydrogen) atoms. The fraction of sp³-hybridized carbons (Fsp3) is 0.556. The van der Waals surface area contributed by atoms with E-state index in [1.165, 1.54) is 33.3 Å². The number of carbonyl (C=O) groups excluding carboxylic acids is 2. The molecule has 0 saturated carbocycles. The largest absolute Gasteiger partial charge is 0.493 e. The first-order valence-electron chi connectivity index (χ1n) is 8.25. The summed E-state index contributed by atoms with van der Waals surface area (Å²) in [4.78, 5) is 22.9. The number of nitrogens with one attached hydrogen (secondary N) is 1. The average molecular weight is 385 g/mol. The van der Waals surface area contributed by atoms with Crippen LogP contribution in [-0.2, 0) is 9.53 Å². The quantitative estimate of drug-likeness (QED) is 0.477. The van der Waals surface area contributed by atoms with E-state index < -0.39 is 29.9 Å². The molecule has 0 aliphatic carbocycles. The van der Waals surface area contributed by atoms with Crippen molar-refractivity contribution < 1.29 is 38.7 Å². The molecule has 3 N–H and O–H groups in total. The molecule has 0 heterocycles. The van der Waals surface area contributed by atoms with Crippen LogP contribution in [0.4, 0.5) is 4.79 Å². The van der Waals surface area contributed by atoms with Crippen LogP contribution in [0.15, 0.2) is 12.1 Å². The molecule has 1 rings (SSSR count). The van der Waals surface area contributed by atoms with Gasteiger partial charge in [0, 0.05) is 13.5 Å². The van der Waals surface area contributed by atoms with Gasteiger partial charge in [-0.15, -0.1) is 0 Å². The molecule has 0 aliphatic rings. The number of ether oxygens (including phenoxy) is 4. The molecular formula is C18H27NO8. The minimum Gasteiger partial charge on any atom is -0.493 e. The molecule has 0 radical (unpaired) electrons. The summed E-state index contributed by atoms with van der Waals surface area (Å²) in [6, 6.07) is 2.81. The molecule has 0 aromatic heterocycles. The second kappa shape index (κ2) is 9.43. The van der Waals surface area contributed by atoms with Gasteiger partial charge in [0.25, 0.3) is 0 Å². The van der Waals surface area contributed by atoms with Gasteiger partial charge in [-0.25, -0.2) is 4.79 Å². The summed E-state index contributed by atoms with van der Waals surface area (Å²) in [5.41, 5.74) is -0.431. The molecule has 0 spiro atoms. The molecule has 2 atom stereocenters. The number of benzene rings is 1. The van der Waals surface area contributed by atoms with Crippen LogP contribution in [0.5, 0.6) is 17.2 Å². The fourth-order valence-corrected chi connectivity index (χ4v) is 2.15. The predicted molar refractivity (Wildman–Crippen MR) is 96.1 cm³/mol. The molecule has 1 aromatic carbocycles. The van der Waals surface area contributed by atoms with E-state index in [1.54, 1.807) is 20.8 Å². The van der Waals surface area contributed by atoms with E-state index in [4.69, 9.17) is 18.9 Å². The smallest absolute Gasteiger partial charge is 0.407 e. The van der Waals surface area contributed by atoms with Gasteiger partial charge in [0.15, 0.2) is 11.5 Å². The average Bonchev–Trinajstić information content (AvgIpc) is 2.57. The lowest BCUT2D eigenvalue weighted by molar-refractivity contribution is -0.132. The maximum Gasteiger partial charge on any atom is 0.407 e. The van der Waals surface area contributed by atoms with E-state index in [0.29, 0.717) is 0 Å². The van der Waals surface area contributed by atoms with E-state index in [-0.39, 0.29) is 29.4 Å². The molecule has 1 aromatic rings. The molecule has 0 fully saturated rings. The van der Waals surface area contributed by atoms with E-state index in [0.717, 1.165) is 0 Å². The van der Waals surface area contributed by atoms with Crippen LogP contribution < -0.4 is 19.5 Å². The van der Waals surface area contributed by atoms with Crippen LogP contribution in [0.1, 0.15) is 39.4 Å². The van der Waals surface area contributed by atoms with Crippen molar-refractivity contribution in [2.45, 2.75) is 45.5 Å². The molecule has 2 unspecified atom stereocenters. The Labute approximate surface area is 158 Å².